The normalized spacial score (nSPS) is 10.7. The maximum atomic E-state index is 13.0. The molecule has 7 nitrogen and oxygen atoms in total. The Morgan fingerprint density at radius 3 is 2.00 bits per heavy atom. The van der Waals surface area contributed by atoms with E-state index in [0.717, 1.165) is 11.1 Å². The van der Waals surface area contributed by atoms with Crippen LogP contribution in [0.4, 0.5) is 5.69 Å². The summed E-state index contributed by atoms with van der Waals surface area (Å²) < 4.78 is 12.1. The lowest BCUT2D eigenvalue weighted by Crippen LogP contribution is -2.12. The minimum absolute atomic E-state index is 0.297. The highest BCUT2D eigenvalue weighted by molar-refractivity contribution is 6.05. The molecule has 3 N–H and O–H groups in total. The van der Waals surface area contributed by atoms with Crippen molar-refractivity contribution in [2.24, 2.45) is 0 Å². The molecule has 1 aromatic heterocycles. The SMILES string of the molecule is O=C(Nc1ccc2[nH]c(=O)[nH]c2c1)c1ccc(OCc2ccccc2)c(OCc2ccccc2)c1. The monoisotopic (exact) mass is 465 g/mol. The number of carbonyl (C=O) groups excluding carboxylic acids is 1. The van der Waals surface area contributed by atoms with Crippen LogP contribution in [0.2, 0.25) is 0 Å². The molecule has 0 aliphatic heterocycles. The lowest BCUT2D eigenvalue weighted by Gasteiger charge is -2.15. The summed E-state index contributed by atoms with van der Waals surface area (Å²) in [7, 11) is 0. The first-order chi connectivity index (χ1) is 17.1. The number of rotatable bonds is 8. The molecule has 35 heavy (non-hydrogen) atoms. The molecule has 4 aromatic carbocycles. The molecular weight excluding hydrogens is 442 g/mol. The average Bonchev–Trinajstić information content (AvgIpc) is 3.27. The van der Waals surface area contributed by atoms with Crippen molar-refractivity contribution in [2.45, 2.75) is 13.2 Å². The van der Waals surface area contributed by atoms with Gasteiger partial charge in [-0.2, -0.15) is 0 Å². The van der Waals surface area contributed by atoms with Crippen molar-refractivity contribution >= 4 is 22.6 Å². The minimum atomic E-state index is -0.304. The lowest BCUT2D eigenvalue weighted by atomic mass is 10.1. The summed E-state index contributed by atoms with van der Waals surface area (Å²) in [4.78, 5) is 29.9. The van der Waals surface area contributed by atoms with E-state index in [0.29, 0.717) is 47.0 Å². The van der Waals surface area contributed by atoms with Crippen molar-refractivity contribution in [3.05, 3.63) is 124 Å². The molecule has 7 heteroatoms. The number of aromatic nitrogens is 2. The van der Waals surface area contributed by atoms with Crippen LogP contribution in [-0.2, 0) is 13.2 Å². The first-order valence-corrected chi connectivity index (χ1v) is 11.1. The van der Waals surface area contributed by atoms with Gasteiger partial charge in [-0.3, -0.25) is 4.79 Å². The number of fused-ring (bicyclic) bond motifs is 1. The van der Waals surface area contributed by atoms with E-state index in [2.05, 4.69) is 15.3 Å². The standard InChI is InChI=1S/C28H23N3O4/c32-27(29-22-12-13-23-24(16-22)31-28(33)30-23)21-11-14-25(34-17-19-7-3-1-4-8-19)26(15-21)35-18-20-9-5-2-6-10-20/h1-16H,17-18H2,(H,29,32)(H2,30,31,33). The van der Waals surface area contributed by atoms with Crippen LogP contribution in [0.1, 0.15) is 21.5 Å². The fourth-order valence-corrected chi connectivity index (χ4v) is 3.67. The van der Waals surface area contributed by atoms with E-state index in [4.69, 9.17) is 9.47 Å². The van der Waals surface area contributed by atoms with Crippen LogP contribution in [-0.4, -0.2) is 15.9 Å². The first kappa shape index (κ1) is 22.0. The average molecular weight is 466 g/mol. The molecule has 0 bridgehead atoms. The molecule has 0 aliphatic rings. The Morgan fingerprint density at radius 1 is 0.686 bits per heavy atom. The van der Waals surface area contributed by atoms with Gasteiger partial charge in [-0.15, -0.1) is 0 Å². The summed E-state index contributed by atoms with van der Waals surface area (Å²) in [6, 6.07) is 29.9. The molecule has 0 aliphatic carbocycles. The molecule has 0 unspecified atom stereocenters. The Morgan fingerprint density at radius 2 is 1.31 bits per heavy atom. The van der Waals surface area contributed by atoms with Crippen LogP contribution in [0.25, 0.3) is 11.0 Å². The molecular formula is C28H23N3O4. The van der Waals surface area contributed by atoms with Gasteiger partial charge in [0.05, 0.1) is 11.0 Å². The summed E-state index contributed by atoms with van der Waals surface area (Å²) in [6.45, 7) is 0.716. The number of amides is 1. The number of imidazole rings is 1. The van der Waals surface area contributed by atoms with E-state index < -0.39 is 0 Å². The summed E-state index contributed by atoms with van der Waals surface area (Å²) in [5.74, 6) is 0.719. The highest BCUT2D eigenvalue weighted by atomic mass is 16.5. The van der Waals surface area contributed by atoms with E-state index in [1.54, 1.807) is 36.4 Å². The minimum Gasteiger partial charge on any atom is -0.485 e. The third-order valence-electron chi connectivity index (χ3n) is 5.45. The Labute approximate surface area is 201 Å². The van der Waals surface area contributed by atoms with Gasteiger partial charge >= 0.3 is 5.69 Å². The van der Waals surface area contributed by atoms with Crippen LogP contribution in [0.3, 0.4) is 0 Å². The summed E-state index contributed by atoms with van der Waals surface area (Å²) >= 11 is 0. The second-order valence-corrected chi connectivity index (χ2v) is 8.00. The number of carbonyl (C=O) groups is 1. The van der Waals surface area contributed by atoms with Crippen molar-refractivity contribution in [3.63, 3.8) is 0 Å². The highest BCUT2D eigenvalue weighted by Gasteiger charge is 2.13. The second-order valence-electron chi connectivity index (χ2n) is 8.00. The fraction of sp³-hybridized carbons (Fsp3) is 0.0714. The van der Waals surface area contributed by atoms with Crippen molar-refractivity contribution in [2.75, 3.05) is 5.32 Å². The molecule has 0 spiro atoms. The molecule has 1 heterocycles. The van der Waals surface area contributed by atoms with Gasteiger partial charge in [-0.25, -0.2) is 4.79 Å². The Bertz CT molecular complexity index is 1510. The van der Waals surface area contributed by atoms with Crippen LogP contribution in [0, 0.1) is 0 Å². The number of ether oxygens (including phenoxy) is 2. The predicted octanol–water partition coefficient (Wildman–Crippen LogP) is 5.27. The zero-order valence-electron chi connectivity index (χ0n) is 18.8. The number of hydrogen-bond donors (Lipinski definition) is 3. The summed E-state index contributed by atoms with van der Waals surface area (Å²) in [5.41, 5.74) is 4.01. The van der Waals surface area contributed by atoms with E-state index in [1.165, 1.54) is 0 Å². The molecule has 5 rings (SSSR count). The number of benzene rings is 4. The smallest absolute Gasteiger partial charge is 0.323 e. The maximum absolute atomic E-state index is 13.0. The highest BCUT2D eigenvalue weighted by Crippen LogP contribution is 2.30. The maximum Gasteiger partial charge on any atom is 0.323 e. The largest absolute Gasteiger partial charge is 0.485 e. The Hall–Kier alpha value is -4.78. The quantitative estimate of drug-likeness (QED) is 0.291. The number of anilines is 1. The van der Waals surface area contributed by atoms with Gasteiger partial charge in [-0.05, 0) is 47.5 Å². The predicted molar refractivity (Wildman–Crippen MR) is 135 cm³/mol. The van der Waals surface area contributed by atoms with Gasteiger partial charge in [0.25, 0.3) is 5.91 Å². The van der Waals surface area contributed by atoms with Gasteiger partial charge in [0.15, 0.2) is 11.5 Å². The van der Waals surface area contributed by atoms with Crippen LogP contribution >= 0.6 is 0 Å². The number of H-pyrrole nitrogens is 2. The molecule has 0 radical (unpaired) electrons. The van der Waals surface area contributed by atoms with Crippen molar-refractivity contribution in [1.82, 2.24) is 9.97 Å². The number of nitrogens with one attached hydrogen (secondary N) is 3. The van der Waals surface area contributed by atoms with Crippen molar-refractivity contribution in [1.29, 1.82) is 0 Å². The van der Waals surface area contributed by atoms with Crippen LogP contribution < -0.4 is 20.5 Å². The zero-order chi connectivity index (χ0) is 24.0. The number of aromatic amines is 2. The Balaban J connectivity index is 1.36. The summed E-state index contributed by atoms with van der Waals surface area (Å²) in [5, 5.41) is 2.87. The molecule has 5 aromatic rings. The second kappa shape index (κ2) is 10.0. The van der Waals surface area contributed by atoms with E-state index in [-0.39, 0.29) is 11.6 Å². The third kappa shape index (κ3) is 5.42. The first-order valence-electron chi connectivity index (χ1n) is 11.1. The number of hydrogen-bond acceptors (Lipinski definition) is 4. The fourth-order valence-electron chi connectivity index (χ4n) is 3.67. The van der Waals surface area contributed by atoms with Gasteiger partial charge < -0.3 is 24.8 Å². The van der Waals surface area contributed by atoms with Gasteiger partial charge in [0.2, 0.25) is 0 Å². The molecule has 0 saturated carbocycles. The molecule has 0 atom stereocenters. The van der Waals surface area contributed by atoms with E-state index in [1.807, 2.05) is 60.7 Å². The molecule has 0 saturated heterocycles. The Kier molecular flexibility index (Phi) is 6.30. The lowest BCUT2D eigenvalue weighted by molar-refractivity contribution is 0.102. The zero-order valence-corrected chi connectivity index (χ0v) is 18.8. The summed E-state index contributed by atoms with van der Waals surface area (Å²) in [6.07, 6.45) is 0. The van der Waals surface area contributed by atoms with E-state index in [9.17, 15) is 9.59 Å². The molecule has 0 fully saturated rings. The third-order valence-corrected chi connectivity index (χ3v) is 5.45. The van der Waals surface area contributed by atoms with Crippen LogP contribution in [0.15, 0.2) is 102 Å². The topological polar surface area (TPSA) is 96.2 Å². The van der Waals surface area contributed by atoms with Crippen molar-refractivity contribution < 1.29 is 14.3 Å². The van der Waals surface area contributed by atoms with E-state index >= 15 is 0 Å². The van der Waals surface area contributed by atoms with Gasteiger partial charge in [0.1, 0.15) is 13.2 Å². The molecule has 174 valence electrons. The van der Waals surface area contributed by atoms with Gasteiger partial charge in [0, 0.05) is 11.3 Å². The van der Waals surface area contributed by atoms with Crippen molar-refractivity contribution in [3.8, 4) is 11.5 Å². The van der Waals surface area contributed by atoms with Crippen LogP contribution in [0.5, 0.6) is 11.5 Å². The van der Waals surface area contributed by atoms with Gasteiger partial charge in [-0.1, -0.05) is 60.7 Å². The molecule has 1 amide bonds.